The van der Waals surface area contributed by atoms with Crippen LogP contribution in [-0.2, 0) is 0 Å². The number of aliphatic hydroxyl groups excluding tert-OH is 1. The quantitative estimate of drug-likeness (QED) is 0.769. The van der Waals surface area contributed by atoms with Crippen molar-refractivity contribution in [2.24, 2.45) is 0 Å². The average Bonchev–Trinajstić information content (AvgIpc) is 2.46. The molecule has 0 saturated heterocycles. The van der Waals surface area contributed by atoms with E-state index in [4.69, 9.17) is 0 Å². The first-order valence-electron chi connectivity index (χ1n) is 4.85. The van der Waals surface area contributed by atoms with Crippen LogP contribution in [0.1, 0.15) is 25.7 Å². The summed E-state index contributed by atoms with van der Waals surface area (Å²) in [4.78, 5) is 1.62. The third-order valence-corrected chi connectivity index (χ3v) is 2.76. The molecule has 84 valence electrons. The van der Waals surface area contributed by atoms with Crippen molar-refractivity contribution in [3.05, 3.63) is 0 Å². The molecule has 0 aromatic heterocycles. The molecule has 1 rings (SSSR count). The molecule has 0 radical (unpaired) electrons. The second-order valence-corrected chi connectivity index (χ2v) is 3.91. The zero-order chi connectivity index (χ0) is 10.8. The number of halogens is 3. The van der Waals surface area contributed by atoms with Crippen molar-refractivity contribution < 1.29 is 18.3 Å². The van der Waals surface area contributed by atoms with Gasteiger partial charge in [-0.2, -0.15) is 13.2 Å². The van der Waals surface area contributed by atoms with Crippen LogP contribution in [0.15, 0.2) is 0 Å². The Morgan fingerprint density at radius 3 is 2.43 bits per heavy atom. The van der Waals surface area contributed by atoms with Crippen molar-refractivity contribution in [2.45, 2.75) is 44.0 Å². The third-order valence-electron chi connectivity index (χ3n) is 2.76. The van der Waals surface area contributed by atoms with E-state index in [9.17, 15) is 18.3 Å². The maximum atomic E-state index is 11.9. The molecular weight excluding hydrogens is 195 g/mol. The van der Waals surface area contributed by atoms with Gasteiger partial charge < -0.3 is 10.0 Å². The van der Waals surface area contributed by atoms with Gasteiger partial charge in [-0.25, -0.2) is 0 Å². The van der Waals surface area contributed by atoms with Gasteiger partial charge in [-0.05, 0) is 26.3 Å². The van der Waals surface area contributed by atoms with Crippen LogP contribution >= 0.6 is 0 Å². The lowest BCUT2D eigenvalue weighted by Gasteiger charge is -2.27. The Kier molecular flexibility index (Phi) is 3.78. The van der Waals surface area contributed by atoms with E-state index >= 15 is 0 Å². The van der Waals surface area contributed by atoms with Gasteiger partial charge in [-0.15, -0.1) is 0 Å². The highest BCUT2D eigenvalue weighted by Crippen LogP contribution is 2.25. The van der Waals surface area contributed by atoms with Gasteiger partial charge in [0.2, 0.25) is 0 Å². The van der Waals surface area contributed by atoms with E-state index < -0.39 is 18.7 Å². The van der Waals surface area contributed by atoms with E-state index in [-0.39, 0.29) is 12.6 Å². The average molecular weight is 211 g/mol. The largest absolute Gasteiger partial charge is 0.391 e. The minimum atomic E-state index is -4.10. The summed E-state index contributed by atoms with van der Waals surface area (Å²) in [6, 6.07) is -0.0858. The van der Waals surface area contributed by atoms with E-state index in [2.05, 4.69) is 0 Å². The van der Waals surface area contributed by atoms with Gasteiger partial charge in [-0.1, -0.05) is 0 Å². The Balaban J connectivity index is 2.31. The summed E-state index contributed by atoms with van der Waals surface area (Å²) in [7, 11) is 1.64. The molecule has 14 heavy (non-hydrogen) atoms. The molecular formula is C9H16F3NO. The smallest absolute Gasteiger partial charge is 0.390 e. The number of hydrogen-bond donors (Lipinski definition) is 1. The number of alkyl halides is 3. The van der Waals surface area contributed by atoms with E-state index in [1.54, 1.807) is 11.9 Å². The first-order chi connectivity index (χ1) is 6.40. The second-order valence-electron chi connectivity index (χ2n) is 3.91. The molecule has 1 aliphatic rings. The summed E-state index contributed by atoms with van der Waals surface area (Å²) < 4.78 is 35.7. The molecule has 0 aromatic carbocycles. The molecule has 0 spiro atoms. The predicted octanol–water partition coefficient (Wildman–Crippen LogP) is 1.78. The topological polar surface area (TPSA) is 23.5 Å². The van der Waals surface area contributed by atoms with Crippen LogP contribution in [0.25, 0.3) is 0 Å². The standard InChI is InChI=1S/C9H16F3NO/c1-13(6-5-9(10,11)12)7-3-2-4-8(7)14/h7-8,14H,2-6H2,1H3/t7-,8-/m0/s1. The van der Waals surface area contributed by atoms with Gasteiger partial charge in [0.1, 0.15) is 0 Å². The molecule has 0 aromatic rings. The number of nitrogens with zero attached hydrogens (tertiary/aromatic N) is 1. The van der Waals surface area contributed by atoms with Crippen molar-refractivity contribution in [2.75, 3.05) is 13.6 Å². The number of likely N-dealkylation sites (N-methyl/N-ethyl adjacent to an activating group) is 1. The van der Waals surface area contributed by atoms with Crippen molar-refractivity contribution in [3.63, 3.8) is 0 Å². The van der Waals surface area contributed by atoms with Gasteiger partial charge in [0.15, 0.2) is 0 Å². The number of aliphatic hydroxyl groups is 1. The highest BCUT2D eigenvalue weighted by Gasteiger charge is 2.32. The fourth-order valence-corrected chi connectivity index (χ4v) is 1.90. The van der Waals surface area contributed by atoms with E-state index in [1.807, 2.05) is 0 Å². The van der Waals surface area contributed by atoms with Crippen LogP contribution in [0.5, 0.6) is 0 Å². The Labute approximate surface area is 81.7 Å². The summed E-state index contributed by atoms with van der Waals surface area (Å²) in [5.41, 5.74) is 0. The lowest BCUT2D eigenvalue weighted by atomic mass is 10.2. The van der Waals surface area contributed by atoms with Crippen LogP contribution in [0.2, 0.25) is 0 Å². The third kappa shape index (κ3) is 3.46. The van der Waals surface area contributed by atoms with E-state index in [0.717, 1.165) is 12.8 Å². The van der Waals surface area contributed by atoms with Crippen LogP contribution < -0.4 is 0 Å². The fraction of sp³-hybridized carbons (Fsp3) is 1.00. The minimum absolute atomic E-state index is 0.0226. The molecule has 2 nitrogen and oxygen atoms in total. The first-order valence-corrected chi connectivity index (χ1v) is 4.85. The lowest BCUT2D eigenvalue weighted by Crippen LogP contribution is -2.39. The molecule has 1 saturated carbocycles. The molecule has 1 fully saturated rings. The fourth-order valence-electron chi connectivity index (χ4n) is 1.90. The highest BCUT2D eigenvalue weighted by molar-refractivity contribution is 4.83. The zero-order valence-corrected chi connectivity index (χ0v) is 8.22. The van der Waals surface area contributed by atoms with Crippen LogP contribution in [0, 0.1) is 0 Å². The van der Waals surface area contributed by atoms with Gasteiger partial charge >= 0.3 is 6.18 Å². The Morgan fingerprint density at radius 1 is 1.36 bits per heavy atom. The molecule has 0 amide bonds. The van der Waals surface area contributed by atoms with Crippen molar-refractivity contribution in [3.8, 4) is 0 Å². The van der Waals surface area contributed by atoms with Gasteiger partial charge in [0.25, 0.3) is 0 Å². The highest BCUT2D eigenvalue weighted by atomic mass is 19.4. The van der Waals surface area contributed by atoms with E-state index in [1.165, 1.54) is 0 Å². The van der Waals surface area contributed by atoms with Gasteiger partial charge in [-0.3, -0.25) is 0 Å². The zero-order valence-electron chi connectivity index (χ0n) is 8.22. The molecule has 1 N–H and O–H groups in total. The monoisotopic (exact) mass is 211 g/mol. The summed E-state index contributed by atoms with van der Waals surface area (Å²) in [6.07, 6.45) is -2.93. The predicted molar refractivity (Wildman–Crippen MR) is 46.9 cm³/mol. The Bertz CT molecular complexity index is 183. The Morgan fingerprint density at radius 2 is 2.00 bits per heavy atom. The Hall–Kier alpha value is -0.290. The molecule has 0 heterocycles. The molecule has 0 unspecified atom stereocenters. The number of hydrogen-bond acceptors (Lipinski definition) is 2. The van der Waals surface area contributed by atoms with E-state index in [0.29, 0.717) is 6.42 Å². The molecule has 5 heteroatoms. The normalized spacial score (nSPS) is 28.7. The second kappa shape index (κ2) is 4.49. The van der Waals surface area contributed by atoms with Crippen LogP contribution in [0.3, 0.4) is 0 Å². The summed E-state index contributed by atoms with van der Waals surface area (Å²) in [5.74, 6) is 0. The van der Waals surface area contributed by atoms with Crippen molar-refractivity contribution >= 4 is 0 Å². The summed E-state index contributed by atoms with van der Waals surface area (Å²) >= 11 is 0. The minimum Gasteiger partial charge on any atom is -0.391 e. The molecule has 0 aliphatic heterocycles. The van der Waals surface area contributed by atoms with Gasteiger partial charge in [0, 0.05) is 12.6 Å². The molecule has 0 bridgehead atoms. The van der Waals surface area contributed by atoms with Crippen molar-refractivity contribution in [1.29, 1.82) is 0 Å². The lowest BCUT2D eigenvalue weighted by molar-refractivity contribution is -0.139. The SMILES string of the molecule is CN(CCC(F)(F)F)[C@H]1CCC[C@@H]1O. The summed E-state index contributed by atoms with van der Waals surface area (Å²) in [5, 5.41) is 9.47. The van der Waals surface area contributed by atoms with Crippen LogP contribution in [0.4, 0.5) is 13.2 Å². The molecule has 1 aliphatic carbocycles. The summed E-state index contributed by atoms with van der Waals surface area (Å²) in [6.45, 7) is -0.0226. The number of rotatable bonds is 3. The molecule has 2 atom stereocenters. The maximum absolute atomic E-state index is 11.9. The van der Waals surface area contributed by atoms with Crippen molar-refractivity contribution in [1.82, 2.24) is 4.90 Å². The van der Waals surface area contributed by atoms with Gasteiger partial charge in [0.05, 0.1) is 12.5 Å². The first kappa shape index (κ1) is 11.8. The maximum Gasteiger partial charge on any atom is 0.390 e. The van der Waals surface area contributed by atoms with Crippen LogP contribution in [-0.4, -0.2) is 41.9 Å².